The molecule has 1 saturated heterocycles. The van der Waals surface area contributed by atoms with Gasteiger partial charge in [0.05, 0.1) is 6.10 Å². The molecule has 0 amide bonds. The lowest BCUT2D eigenvalue weighted by molar-refractivity contribution is -0.143. The SMILES string of the molecule is CNC(C(=O)O)[C@@H]1OC(Sc2cccc(OCc3ccc4ccc(=O)oc4c3)c2)C[C@H]1C. The Hall–Kier alpha value is -2.81. The van der Waals surface area contributed by atoms with Crippen LogP contribution < -0.4 is 15.7 Å². The van der Waals surface area contributed by atoms with Crippen LogP contribution in [-0.4, -0.2) is 35.7 Å². The van der Waals surface area contributed by atoms with E-state index in [2.05, 4.69) is 5.32 Å². The van der Waals surface area contributed by atoms with E-state index >= 15 is 0 Å². The third kappa shape index (κ3) is 5.15. The fourth-order valence-electron chi connectivity index (χ4n) is 3.86. The molecule has 32 heavy (non-hydrogen) atoms. The van der Waals surface area contributed by atoms with Crippen LogP contribution in [0.4, 0.5) is 0 Å². The molecule has 4 atom stereocenters. The molecule has 2 aromatic carbocycles. The van der Waals surface area contributed by atoms with E-state index in [1.807, 2.05) is 49.4 Å². The topological polar surface area (TPSA) is 98.0 Å². The first-order valence-corrected chi connectivity index (χ1v) is 11.3. The summed E-state index contributed by atoms with van der Waals surface area (Å²) in [4.78, 5) is 23.9. The highest BCUT2D eigenvalue weighted by Crippen LogP contribution is 2.38. The molecule has 4 rings (SSSR count). The number of aliphatic carboxylic acids is 1. The maximum Gasteiger partial charge on any atom is 0.336 e. The molecule has 1 aromatic heterocycles. The van der Waals surface area contributed by atoms with E-state index in [1.54, 1.807) is 24.9 Å². The molecule has 2 heterocycles. The number of carboxylic acids is 1. The van der Waals surface area contributed by atoms with E-state index in [4.69, 9.17) is 13.9 Å². The van der Waals surface area contributed by atoms with Crippen molar-refractivity contribution in [2.24, 2.45) is 5.92 Å². The fourth-order valence-corrected chi connectivity index (χ4v) is 5.09. The molecule has 1 aliphatic heterocycles. The molecule has 0 radical (unpaired) electrons. The molecule has 2 N–H and O–H groups in total. The normalized spacial score (nSPS) is 21.5. The third-order valence-corrected chi connectivity index (χ3v) is 6.60. The Balaban J connectivity index is 1.39. The number of fused-ring (bicyclic) bond motifs is 1. The van der Waals surface area contributed by atoms with Crippen LogP contribution in [0, 0.1) is 5.92 Å². The summed E-state index contributed by atoms with van der Waals surface area (Å²) in [5.74, 6) is -0.0577. The molecule has 0 spiro atoms. The lowest BCUT2D eigenvalue weighted by Gasteiger charge is -2.22. The van der Waals surface area contributed by atoms with Crippen LogP contribution >= 0.6 is 11.8 Å². The molecule has 3 aromatic rings. The van der Waals surface area contributed by atoms with Gasteiger partial charge in [-0.05, 0) is 55.3 Å². The number of thioether (sulfide) groups is 1. The van der Waals surface area contributed by atoms with Crippen molar-refractivity contribution in [2.45, 2.75) is 42.4 Å². The van der Waals surface area contributed by atoms with Gasteiger partial charge in [0.1, 0.15) is 29.4 Å². The highest BCUT2D eigenvalue weighted by atomic mass is 32.2. The first-order chi connectivity index (χ1) is 15.4. The summed E-state index contributed by atoms with van der Waals surface area (Å²) in [6.45, 7) is 2.36. The summed E-state index contributed by atoms with van der Waals surface area (Å²) < 4.78 is 17.2. The summed E-state index contributed by atoms with van der Waals surface area (Å²) in [6.07, 6.45) is 0.399. The molecule has 8 heteroatoms. The Morgan fingerprint density at radius 2 is 2.06 bits per heavy atom. The second-order valence-corrected chi connectivity index (χ2v) is 9.09. The van der Waals surface area contributed by atoms with Crippen LogP contribution in [0.1, 0.15) is 18.9 Å². The van der Waals surface area contributed by atoms with E-state index in [0.29, 0.717) is 17.9 Å². The second kappa shape index (κ2) is 9.77. The summed E-state index contributed by atoms with van der Waals surface area (Å²) in [5.41, 5.74) is 0.929. The quantitative estimate of drug-likeness (QED) is 0.494. The minimum Gasteiger partial charge on any atom is -0.489 e. The van der Waals surface area contributed by atoms with Crippen LogP contribution in [0.25, 0.3) is 11.0 Å². The van der Waals surface area contributed by atoms with Gasteiger partial charge in [-0.15, -0.1) is 0 Å². The van der Waals surface area contributed by atoms with Crippen LogP contribution in [0.2, 0.25) is 0 Å². The largest absolute Gasteiger partial charge is 0.489 e. The van der Waals surface area contributed by atoms with E-state index in [1.165, 1.54) is 6.07 Å². The van der Waals surface area contributed by atoms with Gasteiger partial charge in [0.15, 0.2) is 0 Å². The molecule has 0 saturated carbocycles. The van der Waals surface area contributed by atoms with Gasteiger partial charge in [-0.2, -0.15) is 0 Å². The summed E-state index contributed by atoms with van der Waals surface area (Å²) in [7, 11) is 1.64. The Morgan fingerprint density at radius 3 is 2.84 bits per heavy atom. The maximum atomic E-state index is 11.5. The van der Waals surface area contributed by atoms with Gasteiger partial charge in [-0.25, -0.2) is 4.79 Å². The third-order valence-electron chi connectivity index (χ3n) is 5.51. The maximum absolute atomic E-state index is 11.5. The molecule has 0 aliphatic carbocycles. The predicted octanol–water partition coefficient (Wildman–Crippen LogP) is 3.89. The zero-order chi connectivity index (χ0) is 22.7. The molecule has 168 valence electrons. The average molecular weight is 456 g/mol. The van der Waals surface area contributed by atoms with Crippen molar-refractivity contribution in [1.82, 2.24) is 5.32 Å². The Bertz CT molecular complexity index is 1160. The van der Waals surface area contributed by atoms with Gasteiger partial charge in [0.2, 0.25) is 0 Å². The first-order valence-electron chi connectivity index (χ1n) is 10.4. The lowest BCUT2D eigenvalue weighted by Crippen LogP contribution is -2.46. The van der Waals surface area contributed by atoms with Gasteiger partial charge < -0.3 is 24.3 Å². The minimum atomic E-state index is -0.904. The Kier molecular flexibility index (Phi) is 6.83. The van der Waals surface area contributed by atoms with Crippen molar-refractivity contribution in [3.63, 3.8) is 0 Å². The minimum absolute atomic E-state index is 0.121. The zero-order valence-corrected chi connectivity index (χ0v) is 18.6. The monoisotopic (exact) mass is 455 g/mol. The number of carbonyl (C=O) groups is 1. The Labute approximate surface area is 189 Å². The number of hydrogen-bond acceptors (Lipinski definition) is 7. The van der Waals surface area contributed by atoms with Crippen molar-refractivity contribution >= 4 is 28.7 Å². The second-order valence-electron chi connectivity index (χ2n) is 7.86. The smallest absolute Gasteiger partial charge is 0.336 e. The van der Waals surface area contributed by atoms with E-state index in [-0.39, 0.29) is 23.1 Å². The molecule has 1 fully saturated rings. The standard InChI is InChI=1S/C24H25NO6S/c1-14-10-21(31-23(14)22(25-2)24(27)28)32-18-5-3-4-17(12-18)29-13-15-6-7-16-8-9-20(26)30-19(16)11-15/h3-9,11-12,14,21-23,25H,10,13H2,1-2H3,(H,27,28)/t14-,21?,22?,23-/m1/s1. The molecule has 2 unspecified atom stereocenters. The molecule has 7 nitrogen and oxygen atoms in total. The van der Waals surface area contributed by atoms with Gasteiger partial charge in [0, 0.05) is 16.3 Å². The van der Waals surface area contributed by atoms with Crippen molar-refractivity contribution in [2.75, 3.05) is 7.05 Å². The van der Waals surface area contributed by atoms with Crippen molar-refractivity contribution in [3.05, 3.63) is 70.6 Å². The zero-order valence-electron chi connectivity index (χ0n) is 17.8. The first kappa shape index (κ1) is 22.4. The number of hydrogen-bond donors (Lipinski definition) is 2. The number of ether oxygens (including phenoxy) is 2. The number of likely N-dealkylation sites (N-methyl/N-ethyl adjacent to an activating group) is 1. The number of rotatable bonds is 8. The summed E-state index contributed by atoms with van der Waals surface area (Å²) >= 11 is 1.56. The van der Waals surface area contributed by atoms with Crippen LogP contribution in [0.3, 0.4) is 0 Å². The molecule has 1 aliphatic rings. The highest BCUT2D eigenvalue weighted by molar-refractivity contribution is 7.99. The Morgan fingerprint density at radius 1 is 1.25 bits per heavy atom. The highest BCUT2D eigenvalue weighted by Gasteiger charge is 2.40. The molecule has 0 bridgehead atoms. The van der Waals surface area contributed by atoms with E-state index in [9.17, 15) is 14.7 Å². The summed E-state index contributed by atoms with van der Waals surface area (Å²) in [5, 5.41) is 13.1. The van der Waals surface area contributed by atoms with Gasteiger partial charge in [-0.3, -0.25) is 4.79 Å². The molecular weight excluding hydrogens is 430 g/mol. The molecular formula is C24H25NO6S. The van der Waals surface area contributed by atoms with Crippen molar-refractivity contribution in [3.8, 4) is 5.75 Å². The van der Waals surface area contributed by atoms with Crippen molar-refractivity contribution in [1.29, 1.82) is 0 Å². The fraction of sp³-hybridized carbons (Fsp3) is 0.333. The van der Waals surface area contributed by atoms with E-state index < -0.39 is 12.0 Å². The van der Waals surface area contributed by atoms with Crippen LogP contribution in [0.15, 0.2) is 68.7 Å². The predicted molar refractivity (Wildman–Crippen MR) is 122 cm³/mol. The number of carboxylic acid groups (broad SMARTS) is 1. The number of benzene rings is 2. The van der Waals surface area contributed by atoms with E-state index in [0.717, 1.165) is 22.3 Å². The summed E-state index contributed by atoms with van der Waals surface area (Å²) in [6, 6.07) is 15.8. The van der Waals surface area contributed by atoms with Crippen LogP contribution in [0.5, 0.6) is 5.75 Å². The number of nitrogens with one attached hydrogen (secondary N) is 1. The van der Waals surface area contributed by atoms with Crippen LogP contribution in [-0.2, 0) is 16.1 Å². The van der Waals surface area contributed by atoms with Gasteiger partial charge >= 0.3 is 11.6 Å². The van der Waals surface area contributed by atoms with Crippen molar-refractivity contribution < 1.29 is 23.8 Å². The lowest BCUT2D eigenvalue weighted by atomic mass is 9.98. The van der Waals surface area contributed by atoms with Gasteiger partial charge in [0.25, 0.3) is 0 Å². The average Bonchev–Trinajstić information content (AvgIpc) is 3.12. The van der Waals surface area contributed by atoms with Gasteiger partial charge in [-0.1, -0.05) is 36.9 Å².